The lowest BCUT2D eigenvalue weighted by Crippen LogP contribution is -2.32. The zero-order valence-corrected chi connectivity index (χ0v) is 20.3. The predicted octanol–water partition coefficient (Wildman–Crippen LogP) is 4.14. The molecule has 2 heterocycles. The fourth-order valence-electron chi connectivity index (χ4n) is 3.48. The minimum atomic E-state index is -3.93. The summed E-state index contributed by atoms with van der Waals surface area (Å²) < 4.78 is 32.7. The molecule has 176 valence electrons. The molecule has 34 heavy (non-hydrogen) atoms. The molecule has 4 rings (SSSR count). The normalized spacial score (nSPS) is 14.2. The molecule has 3 aromatic rings. The Hall–Kier alpha value is -3.63. The van der Waals surface area contributed by atoms with Gasteiger partial charge in [-0.15, -0.1) is 0 Å². The van der Waals surface area contributed by atoms with Gasteiger partial charge in [0.05, 0.1) is 16.3 Å². The first-order valence-corrected chi connectivity index (χ1v) is 12.0. The summed E-state index contributed by atoms with van der Waals surface area (Å²) in [6.45, 7) is 7.12. The number of carbonyl (C=O) groups is 2. The molecule has 0 atom stereocenters. The molecule has 0 bridgehead atoms. The van der Waals surface area contributed by atoms with Crippen LogP contribution < -0.4 is 14.9 Å². The van der Waals surface area contributed by atoms with Crippen LogP contribution >= 0.6 is 11.6 Å². The van der Waals surface area contributed by atoms with Crippen LogP contribution in [0.3, 0.4) is 0 Å². The smallest absolute Gasteiger partial charge is 0.283 e. The number of halogens is 1. The van der Waals surface area contributed by atoms with Crippen LogP contribution in [-0.4, -0.2) is 25.4 Å². The Morgan fingerprint density at radius 1 is 0.941 bits per heavy atom. The Bertz CT molecular complexity index is 1440. The van der Waals surface area contributed by atoms with E-state index in [-0.39, 0.29) is 21.5 Å². The average molecular weight is 501 g/mol. The molecule has 0 unspecified atom stereocenters. The summed E-state index contributed by atoms with van der Waals surface area (Å²) in [6, 6.07) is 11.0. The van der Waals surface area contributed by atoms with Crippen molar-refractivity contribution >= 4 is 50.7 Å². The summed E-state index contributed by atoms with van der Waals surface area (Å²) in [7, 11) is -3.93. The molecular formula is C23H21ClN4O5S. The zero-order valence-electron chi connectivity index (χ0n) is 18.8. The lowest BCUT2D eigenvalue weighted by atomic mass is 10.1. The minimum Gasteiger partial charge on any atom is -0.350 e. The van der Waals surface area contributed by atoms with Crippen molar-refractivity contribution in [2.24, 2.45) is 0 Å². The highest BCUT2D eigenvalue weighted by molar-refractivity contribution is 7.92. The minimum absolute atomic E-state index is 0.0303. The molecule has 9 nitrogen and oxygen atoms in total. The van der Waals surface area contributed by atoms with Crippen molar-refractivity contribution in [1.82, 2.24) is 5.16 Å². The van der Waals surface area contributed by atoms with E-state index < -0.39 is 21.8 Å². The van der Waals surface area contributed by atoms with Crippen LogP contribution in [0.4, 0.5) is 17.3 Å². The highest BCUT2D eigenvalue weighted by Crippen LogP contribution is 2.31. The van der Waals surface area contributed by atoms with Crippen LogP contribution in [-0.2, 0) is 19.6 Å². The lowest BCUT2D eigenvalue weighted by Gasteiger charge is -2.16. The first-order chi connectivity index (χ1) is 16.0. The zero-order chi connectivity index (χ0) is 24.8. The highest BCUT2D eigenvalue weighted by atomic mass is 35.5. The van der Waals surface area contributed by atoms with Crippen molar-refractivity contribution in [3.8, 4) is 0 Å². The number of hydrogen-bond donors (Lipinski definition) is 2. The van der Waals surface area contributed by atoms with Crippen molar-refractivity contribution < 1.29 is 22.5 Å². The van der Waals surface area contributed by atoms with Gasteiger partial charge in [-0.3, -0.25) is 9.59 Å². The van der Waals surface area contributed by atoms with Gasteiger partial charge in [-0.1, -0.05) is 22.8 Å². The maximum Gasteiger partial charge on any atom is 0.283 e. The molecule has 0 fully saturated rings. The molecule has 11 heteroatoms. The number of rotatable bonds is 6. The van der Waals surface area contributed by atoms with E-state index in [1.807, 2.05) is 19.9 Å². The number of imide groups is 1. The SMILES string of the molecule is Cc1cc(C)cc(N2C(=O)C(Cl)=C(Nc3ccc(S(=O)(=O)Nc4onc(C)c4C)cc3)C2=O)c1. The standard InChI is InChI=1S/C23H21ClN4O5S/c1-12-9-13(2)11-17(10-12)28-22(29)19(24)20(23(28)30)25-16-5-7-18(8-6-16)34(31,32)27-21-14(3)15(4)26-33-21/h5-11,25,27H,1-4H3. The molecule has 1 aromatic heterocycles. The number of hydrogen-bond acceptors (Lipinski definition) is 7. The second-order valence-corrected chi connectivity index (χ2v) is 10.0. The van der Waals surface area contributed by atoms with Gasteiger partial charge in [0.1, 0.15) is 10.7 Å². The molecule has 2 N–H and O–H groups in total. The van der Waals surface area contributed by atoms with E-state index in [2.05, 4.69) is 15.2 Å². The summed E-state index contributed by atoms with van der Waals surface area (Å²) in [5, 5.41) is 6.31. The number of nitrogens with one attached hydrogen (secondary N) is 2. The Kier molecular flexibility index (Phi) is 5.96. The van der Waals surface area contributed by atoms with Crippen molar-refractivity contribution in [2.45, 2.75) is 32.6 Å². The lowest BCUT2D eigenvalue weighted by molar-refractivity contribution is -0.120. The van der Waals surface area contributed by atoms with Gasteiger partial charge in [0.25, 0.3) is 21.8 Å². The maximum absolute atomic E-state index is 13.0. The Labute approximate surface area is 201 Å². The number of amides is 2. The number of nitrogens with zero attached hydrogens (tertiary/aromatic N) is 2. The van der Waals surface area contributed by atoms with E-state index in [9.17, 15) is 18.0 Å². The number of aromatic nitrogens is 1. The van der Waals surface area contributed by atoms with Crippen LogP contribution in [0, 0.1) is 27.7 Å². The van der Waals surface area contributed by atoms with Gasteiger partial charge in [0.2, 0.25) is 5.88 Å². The molecule has 2 amide bonds. The van der Waals surface area contributed by atoms with Gasteiger partial charge in [0, 0.05) is 11.3 Å². The molecule has 0 saturated carbocycles. The number of benzene rings is 2. The van der Waals surface area contributed by atoms with E-state index in [4.69, 9.17) is 16.1 Å². The molecule has 1 aliphatic heterocycles. The van der Waals surface area contributed by atoms with E-state index >= 15 is 0 Å². The van der Waals surface area contributed by atoms with Gasteiger partial charge >= 0.3 is 0 Å². The van der Waals surface area contributed by atoms with E-state index in [1.54, 1.807) is 26.0 Å². The van der Waals surface area contributed by atoms with Gasteiger partial charge < -0.3 is 9.84 Å². The topological polar surface area (TPSA) is 122 Å². The van der Waals surface area contributed by atoms with Gasteiger partial charge in [-0.05, 0) is 75.2 Å². The van der Waals surface area contributed by atoms with Gasteiger partial charge in [-0.25, -0.2) is 18.0 Å². The second kappa shape index (κ2) is 8.62. The maximum atomic E-state index is 13.0. The summed E-state index contributed by atoms with van der Waals surface area (Å²) in [5.74, 6) is -1.20. The van der Waals surface area contributed by atoms with Gasteiger partial charge in [-0.2, -0.15) is 0 Å². The van der Waals surface area contributed by atoms with Crippen LogP contribution in [0.1, 0.15) is 22.4 Å². The van der Waals surface area contributed by atoms with Crippen LogP contribution in [0.15, 0.2) is 62.6 Å². The summed E-state index contributed by atoms with van der Waals surface area (Å²) in [5.41, 5.74) is 3.67. The average Bonchev–Trinajstić information content (AvgIpc) is 3.18. The summed E-state index contributed by atoms with van der Waals surface area (Å²) >= 11 is 6.19. The fraction of sp³-hybridized carbons (Fsp3) is 0.174. The largest absolute Gasteiger partial charge is 0.350 e. The van der Waals surface area contributed by atoms with E-state index in [1.165, 1.54) is 24.3 Å². The first-order valence-electron chi connectivity index (χ1n) is 10.2. The quantitative estimate of drug-likeness (QED) is 0.487. The van der Waals surface area contributed by atoms with Crippen molar-refractivity contribution in [1.29, 1.82) is 0 Å². The Balaban J connectivity index is 1.54. The molecular weight excluding hydrogens is 480 g/mol. The fourth-order valence-corrected chi connectivity index (χ4v) is 4.74. The molecule has 0 radical (unpaired) electrons. The molecule has 1 aliphatic rings. The van der Waals surface area contributed by atoms with Crippen molar-refractivity contribution in [3.05, 3.63) is 75.6 Å². The predicted molar refractivity (Wildman–Crippen MR) is 128 cm³/mol. The Morgan fingerprint density at radius 3 is 2.12 bits per heavy atom. The third kappa shape index (κ3) is 4.29. The number of sulfonamides is 1. The first kappa shape index (κ1) is 23.5. The molecule has 0 aliphatic carbocycles. The third-order valence-corrected chi connectivity index (χ3v) is 7.01. The number of aryl methyl sites for hydroxylation is 3. The van der Waals surface area contributed by atoms with E-state index in [0.717, 1.165) is 16.0 Å². The number of carbonyl (C=O) groups excluding carboxylic acids is 2. The van der Waals surface area contributed by atoms with Crippen molar-refractivity contribution in [2.75, 3.05) is 14.9 Å². The van der Waals surface area contributed by atoms with Crippen LogP contribution in [0.5, 0.6) is 0 Å². The monoisotopic (exact) mass is 500 g/mol. The van der Waals surface area contributed by atoms with Gasteiger partial charge in [0.15, 0.2) is 0 Å². The summed E-state index contributed by atoms with van der Waals surface area (Å²) in [6.07, 6.45) is 0. The number of anilines is 3. The molecule has 0 saturated heterocycles. The van der Waals surface area contributed by atoms with E-state index in [0.29, 0.717) is 22.6 Å². The second-order valence-electron chi connectivity index (χ2n) is 7.96. The summed E-state index contributed by atoms with van der Waals surface area (Å²) in [4.78, 5) is 26.7. The van der Waals surface area contributed by atoms with Crippen LogP contribution in [0.25, 0.3) is 0 Å². The Morgan fingerprint density at radius 2 is 1.56 bits per heavy atom. The molecule has 2 aromatic carbocycles. The van der Waals surface area contributed by atoms with Crippen LogP contribution in [0.2, 0.25) is 0 Å². The highest BCUT2D eigenvalue weighted by Gasteiger charge is 2.39. The molecule has 0 spiro atoms. The third-order valence-electron chi connectivity index (χ3n) is 5.31. The van der Waals surface area contributed by atoms with Crippen molar-refractivity contribution in [3.63, 3.8) is 0 Å².